The molecule has 0 atom stereocenters. The number of pyridine rings is 4. The van der Waals surface area contributed by atoms with Crippen LogP contribution in [0.4, 0.5) is 0 Å². The molecule has 0 saturated heterocycles. The maximum absolute atomic E-state index is 4.99. The highest BCUT2D eigenvalue weighted by Crippen LogP contribution is 2.47. The Balaban J connectivity index is 0.629. The minimum absolute atomic E-state index is 0.668. The molecule has 6 heteroatoms. The first-order chi connectivity index (χ1) is 67.9. The molecule has 678 valence electrons. The number of nitrogens with zero attached hydrogens (tertiary/aromatic N) is 6. The van der Waals surface area contributed by atoms with Crippen molar-refractivity contribution in [3.63, 3.8) is 0 Å². The van der Waals surface area contributed by atoms with Gasteiger partial charge in [0, 0.05) is 58.2 Å². The fraction of sp³-hybridized carbons (Fsp3) is 0.182. The Kier molecular flexibility index (Phi) is 28.7. The molecule has 0 unspecified atom stereocenters. The van der Waals surface area contributed by atoms with Crippen LogP contribution in [0.25, 0.3) is 201 Å². The monoisotopic (exact) mass is 1790 g/mol. The van der Waals surface area contributed by atoms with Crippen LogP contribution in [0.15, 0.2) is 413 Å². The summed E-state index contributed by atoms with van der Waals surface area (Å²) >= 11 is 0. The lowest BCUT2D eigenvalue weighted by molar-refractivity contribution is 0.490. The standard InChI is InChI=1S/C132H120N6/c1-9-89(10-2)73-93-41-69-127(133-84-93)103-57-45-97(46-58-103)115-29-17-23-35-121(115)109-77-110(122-36-24-18-30-116(122)98-47-59-104(60-48-98)128-70-42-94(85-134-128)74-90(11-3)12-4)80-113(79-109)125-39-27-21-33-119(125)101-53-65-107(66-54-101)131-83-132(138-88-137-131)108-67-55-102(56-68-108)120-34-22-28-40-126(120)114-81-111(123-37-25-19-31-117(123)99-49-61-105(62-50-99)129-71-43-95(86-135-129)75-91(13-5)14-6)78-112(82-114)124-38-26-20-32-118(124)100-51-63-106(64-52-100)130-72-44-96(87-136-130)76-92(15-7)16-8/h17-72,77-92H,9-16,73-76H2,1-8H3. The molecule has 138 heavy (non-hydrogen) atoms. The Bertz CT molecular complexity index is 6570. The Hall–Kier alpha value is -15.2. The van der Waals surface area contributed by atoms with Gasteiger partial charge in [0.1, 0.15) is 6.33 Å². The van der Waals surface area contributed by atoms with Crippen LogP contribution in [0.3, 0.4) is 0 Å². The second-order valence-electron chi connectivity index (χ2n) is 37.4. The van der Waals surface area contributed by atoms with Gasteiger partial charge in [0.2, 0.25) is 0 Å². The molecule has 5 heterocycles. The normalized spacial score (nSPS) is 11.5. The van der Waals surface area contributed by atoms with Crippen LogP contribution < -0.4 is 0 Å². The van der Waals surface area contributed by atoms with Crippen LogP contribution in [0.2, 0.25) is 0 Å². The van der Waals surface area contributed by atoms with Crippen LogP contribution in [-0.2, 0) is 25.7 Å². The summed E-state index contributed by atoms with van der Waals surface area (Å²) in [6.45, 7) is 18.3. The van der Waals surface area contributed by atoms with E-state index in [9.17, 15) is 0 Å². The lowest BCUT2D eigenvalue weighted by atomic mass is 9.86. The molecule has 0 bridgehead atoms. The molecule has 0 radical (unpaired) electrons. The maximum atomic E-state index is 4.99. The van der Waals surface area contributed by atoms with Gasteiger partial charge in [-0.1, -0.05) is 422 Å². The number of hydrogen-bond acceptors (Lipinski definition) is 6. The number of aromatic nitrogens is 6. The molecule has 0 fully saturated rings. The zero-order valence-corrected chi connectivity index (χ0v) is 80.7. The molecule has 19 rings (SSSR count). The van der Waals surface area contributed by atoms with E-state index in [2.05, 4.69) is 462 Å². The minimum Gasteiger partial charge on any atom is -0.256 e. The molecule has 14 aromatic carbocycles. The smallest absolute Gasteiger partial charge is 0.116 e. The van der Waals surface area contributed by atoms with Gasteiger partial charge in [0.15, 0.2) is 0 Å². The van der Waals surface area contributed by atoms with Crippen molar-refractivity contribution in [2.24, 2.45) is 23.7 Å². The highest BCUT2D eigenvalue weighted by molar-refractivity contribution is 5.98. The SMILES string of the molecule is CCC(CC)Cc1ccc(-c2ccc(-c3ccccc3-c3cc(-c4ccccc4-c4ccc(-c5ccc(CC(CC)CC)cn5)cc4)cc(-c4ccccc4-c4ccc(-c5cc(-c6ccc(-c7ccccc7-c7cc(-c8ccccc8-c8ccc(-c9ccc(CC(CC)CC)cn9)cc8)cc(-c8ccccc8-c8ccc(-c9ccc(CC(CC)CC)cn9)cc8)c7)cc6)ncn5)cc4)c3)cc2)nc1. The molecular formula is C132H120N6. The van der Waals surface area contributed by atoms with Crippen molar-refractivity contribution >= 4 is 0 Å². The fourth-order valence-electron chi connectivity index (χ4n) is 20.2. The third kappa shape index (κ3) is 20.8. The van der Waals surface area contributed by atoms with Crippen LogP contribution in [-0.4, -0.2) is 29.9 Å². The zero-order chi connectivity index (χ0) is 94.2. The van der Waals surface area contributed by atoms with Gasteiger partial charge in [-0.2, -0.15) is 0 Å². The third-order valence-electron chi connectivity index (χ3n) is 28.9. The van der Waals surface area contributed by atoms with E-state index in [0.717, 1.165) is 227 Å². The fourth-order valence-corrected chi connectivity index (χ4v) is 20.2. The summed E-state index contributed by atoms with van der Waals surface area (Å²) in [5.74, 6) is 2.67. The highest BCUT2D eigenvalue weighted by Gasteiger charge is 2.23. The molecule has 0 aliphatic carbocycles. The number of rotatable bonds is 34. The van der Waals surface area contributed by atoms with E-state index in [1.165, 1.54) is 73.6 Å². The zero-order valence-electron chi connectivity index (χ0n) is 80.7. The molecule has 0 aliphatic rings. The van der Waals surface area contributed by atoms with Crippen molar-refractivity contribution in [3.05, 3.63) is 436 Å². The van der Waals surface area contributed by atoms with E-state index < -0.39 is 0 Å². The van der Waals surface area contributed by atoms with Gasteiger partial charge in [0.25, 0.3) is 0 Å². The molecular weight excluding hydrogens is 1670 g/mol. The predicted octanol–water partition coefficient (Wildman–Crippen LogP) is 36.0. The predicted molar refractivity (Wildman–Crippen MR) is 582 cm³/mol. The Morgan fingerprint density at radius 1 is 0.145 bits per heavy atom. The summed E-state index contributed by atoms with van der Waals surface area (Å²) in [7, 11) is 0. The summed E-state index contributed by atoms with van der Waals surface area (Å²) < 4.78 is 0. The van der Waals surface area contributed by atoms with Crippen LogP contribution in [0.5, 0.6) is 0 Å². The highest BCUT2D eigenvalue weighted by atomic mass is 14.8. The number of hydrogen-bond donors (Lipinski definition) is 0. The number of benzene rings is 14. The molecule has 19 aromatic rings. The van der Waals surface area contributed by atoms with Crippen molar-refractivity contribution in [3.8, 4) is 201 Å². The van der Waals surface area contributed by atoms with Gasteiger partial charge in [-0.05, 0) is 272 Å². The second kappa shape index (κ2) is 43.2. The van der Waals surface area contributed by atoms with Gasteiger partial charge in [0.05, 0.1) is 34.2 Å². The Morgan fingerprint density at radius 3 is 0.449 bits per heavy atom. The summed E-state index contributed by atoms with van der Waals surface area (Å²) in [5.41, 5.74) is 44.4. The van der Waals surface area contributed by atoms with Crippen molar-refractivity contribution in [1.82, 2.24) is 29.9 Å². The Morgan fingerprint density at radius 2 is 0.297 bits per heavy atom. The molecule has 0 N–H and O–H groups in total. The van der Waals surface area contributed by atoms with Crippen LogP contribution >= 0.6 is 0 Å². The average Bonchev–Trinajstić information content (AvgIpc) is 0.767. The second-order valence-corrected chi connectivity index (χ2v) is 37.4. The van der Waals surface area contributed by atoms with Crippen molar-refractivity contribution in [2.75, 3.05) is 0 Å². The molecule has 0 saturated carbocycles. The van der Waals surface area contributed by atoms with Gasteiger partial charge >= 0.3 is 0 Å². The topological polar surface area (TPSA) is 77.3 Å². The molecule has 0 spiro atoms. The largest absolute Gasteiger partial charge is 0.256 e. The summed E-state index contributed by atoms with van der Waals surface area (Å²) in [5, 5.41) is 0. The minimum atomic E-state index is 0.668. The van der Waals surface area contributed by atoms with E-state index >= 15 is 0 Å². The summed E-state index contributed by atoms with van der Waals surface area (Å²) in [6, 6.07) is 141. The molecule has 6 nitrogen and oxygen atoms in total. The van der Waals surface area contributed by atoms with Crippen molar-refractivity contribution < 1.29 is 0 Å². The molecule has 0 aliphatic heterocycles. The lowest BCUT2D eigenvalue weighted by Crippen LogP contribution is -2.02. The summed E-state index contributed by atoms with van der Waals surface area (Å²) in [6.07, 6.45) is 23.6. The van der Waals surface area contributed by atoms with E-state index in [1.807, 2.05) is 0 Å². The lowest BCUT2D eigenvalue weighted by Gasteiger charge is -2.18. The van der Waals surface area contributed by atoms with Crippen LogP contribution in [0, 0.1) is 23.7 Å². The van der Waals surface area contributed by atoms with E-state index in [-0.39, 0.29) is 0 Å². The first-order valence-electron chi connectivity index (χ1n) is 50.1. The summed E-state index contributed by atoms with van der Waals surface area (Å²) in [4.78, 5) is 29.9. The third-order valence-corrected chi connectivity index (χ3v) is 28.9. The van der Waals surface area contributed by atoms with E-state index in [4.69, 9.17) is 29.9 Å². The van der Waals surface area contributed by atoms with Gasteiger partial charge < -0.3 is 0 Å². The van der Waals surface area contributed by atoms with E-state index in [0.29, 0.717) is 23.7 Å². The van der Waals surface area contributed by atoms with Crippen LogP contribution in [0.1, 0.15) is 129 Å². The quantitative estimate of drug-likeness (QED) is 0.0400. The maximum Gasteiger partial charge on any atom is 0.116 e. The van der Waals surface area contributed by atoms with Gasteiger partial charge in [-0.3, -0.25) is 19.9 Å². The molecule has 5 aromatic heterocycles. The Labute approximate surface area is 817 Å². The van der Waals surface area contributed by atoms with Crippen molar-refractivity contribution in [2.45, 2.75) is 132 Å². The van der Waals surface area contributed by atoms with Gasteiger partial charge in [-0.15, -0.1) is 0 Å². The van der Waals surface area contributed by atoms with E-state index in [1.54, 1.807) is 6.33 Å². The first-order valence-corrected chi connectivity index (χ1v) is 50.1. The van der Waals surface area contributed by atoms with Crippen molar-refractivity contribution in [1.29, 1.82) is 0 Å². The first kappa shape index (κ1) is 91.9. The average molecular weight is 1790 g/mol. The molecule has 0 amide bonds. The van der Waals surface area contributed by atoms with Gasteiger partial charge in [-0.25, -0.2) is 9.97 Å².